The first-order valence-corrected chi connectivity index (χ1v) is 28.0. The second kappa shape index (κ2) is 21.6. The minimum Gasteiger partial charge on any atom is -0.437 e. The molecule has 0 aliphatic rings. The second-order valence-electron chi connectivity index (χ2n) is 16.8. The van der Waals surface area contributed by atoms with E-state index in [0.29, 0.717) is 0 Å². The van der Waals surface area contributed by atoms with E-state index in [1.165, 1.54) is 107 Å². The van der Waals surface area contributed by atoms with Gasteiger partial charge >= 0.3 is 8.56 Å². The number of benzene rings is 1. The van der Waals surface area contributed by atoms with Gasteiger partial charge in [0.2, 0.25) is 0 Å². The molecule has 1 aromatic carbocycles. The van der Waals surface area contributed by atoms with Gasteiger partial charge in [-0.15, -0.1) is 0 Å². The lowest BCUT2D eigenvalue weighted by Gasteiger charge is -2.38. The summed E-state index contributed by atoms with van der Waals surface area (Å²) in [4.78, 5) is 0. The van der Waals surface area contributed by atoms with Gasteiger partial charge in [0, 0.05) is 6.61 Å². The fourth-order valence-corrected chi connectivity index (χ4v) is 18.7. The summed E-state index contributed by atoms with van der Waals surface area (Å²) in [6.07, 6.45) is 23.2. The Morgan fingerprint density at radius 3 is 1.39 bits per heavy atom. The van der Waals surface area contributed by atoms with Crippen LogP contribution < -0.4 is 0 Å². The zero-order valence-electron chi connectivity index (χ0n) is 31.5. The van der Waals surface area contributed by atoms with Crippen LogP contribution in [0.5, 0.6) is 0 Å². The lowest BCUT2D eigenvalue weighted by atomic mass is 9.85. The average Bonchev–Trinajstić information content (AvgIpc) is 2.88. The first-order valence-electron chi connectivity index (χ1n) is 18.6. The highest BCUT2D eigenvalue weighted by atomic mass is 28.5. The van der Waals surface area contributed by atoms with E-state index in [4.69, 9.17) is 13.0 Å². The van der Waals surface area contributed by atoms with E-state index in [1.54, 1.807) is 0 Å². The van der Waals surface area contributed by atoms with Gasteiger partial charge in [0.1, 0.15) is 0 Å². The van der Waals surface area contributed by atoms with E-state index >= 15 is 0 Å². The van der Waals surface area contributed by atoms with E-state index in [1.807, 2.05) is 0 Å². The minimum absolute atomic E-state index is 0.0945. The SMILES string of the molecule is CCCCCCCCCCCCCCCCc1ccc(CC(OCCC[Si](C)(O[Si](C)(C)C)O[Si](C)(C)C)C(C)(C)C)cc1. The zero-order valence-corrected chi connectivity index (χ0v) is 34.5. The molecule has 0 fully saturated rings. The van der Waals surface area contributed by atoms with Gasteiger partial charge in [-0.05, 0) is 94.1 Å². The Morgan fingerprint density at radius 1 is 0.568 bits per heavy atom. The molecule has 0 bridgehead atoms. The molecule has 0 saturated carbocycles. The Morgan fingerprint density at radius 2 is 0.977 bits per heavy atom. The van der Waals surface area contributed by atoms with Crippen molar-refractivity contribution in [1.29, 1.82) is 0 Å². The van der Waals surface area contributed by atoms with Crippen LogP contribution in [0.3, 0.4) is 0 Å². The number of unbranched alkanes of at least 4 members (excludes halogenated alkanes) is 13. The summed E-state index contributed by atoms with van der Waals surface area (Å²) in [5.74, 6) is 0. The van der Waals surface area contributed by atoms with Gasteiger partial charge in [-0.3, -0.25) is 0 Å². The van der Waals surface area contributed by atoms with Crippen molar-refractivity contribution in [3.05, 3.63) is 35.4 Å². The number of hydrogen-bond donors (Lipinski definition) is 0. The van der Waals surface area contributed by atoms with Gasteiger partial charge in [-0.2, -0.15) is 0 Å². The van der Waals surface area contributed by atoms with Gasteiger partial charge in [0.05, 0.1) is 6.10 Å². The molecule has 0 spiro atoms. The summed E-state index contributed by atoms with van der Waals surface area (Å²) in [6, 6.07) is 10.4. The third-order valence-electron chi connectivity index (χ3n) is 8.37. The molecule has 0 radical (unpaired) electrons. The maximum atomic E-state index is 6.70. The van der Waals surface area contributed by atoms with Crippen molar-refractivity contribution in [3.8, 4) is 0 Å². The topological polar surface area (TPSA) is 27.7 Å². The molecular formula is C38H76O3Si3. The van der Waals surface area contributed by atoms with Crippen molar-refractivity contribution >= 4 is 25.2 Å². The average molecular weight is 665 g/mol. The predicted molar refractivity (Wildman–Crippen MR) is 203 cm³/mol. The Bertz CT molecular complexity index is 821. The molecule has 1 unspecified atom stereocenters. The number of aryl methyl sites for hydroxylation is 1. The monoisotopic (exact) mass is 665 g/mol. The Kier molecular flexibility index (Phi) is 20.5. The molecule has 0 saturated heterocycles. The van der Waals surface area contributed by atoms with Crippen LogP contribution in [0.1, 0.15) is 135 Å². The van der Waals surface area contributed by atoms with Crippen LogP contribution in [0.25, 0.3) is 0 Å². The van der Waals surface area contributed by atoms with Crippen molar-refractivity contribution < 1.29 is 13.0 Å². The van der Waals surface area contributed by atoms with E-state index in [0.717, 1.165) is 25.5 Å². The van der Waals surface area contributed by atoms with Crippen molar-refractivity contribution in [3.63, 3.8) is 0 Å². The van der Waals surface area contributed by atoms with E-state index in [2.05, 4.69) is 97.8 Å². The van der Waals surface area contributed by atoms with E-state index in [9.17, 15) is 0 Å². The Labute approximate surface area is 279 Å². The molecule has 1 aromatic rings. The highest BCUT2D eigenvalue weighted by Gasteiger charge is 2.40. The molecular weight excluding hydrogens is 589 g/mol. The van der Waals surface area contributed by atoms with Crippen LogP contribution in [-0.2, 0) is 25.8 Å². The third kappa shape index (κ3) is 22.3. The van der Waals surface area contributed by atoms with Crippen molar-refractivity contribution in [1.82, 2.24) is 0 Å². The molecule has 0 heterocycles. The van der Waals surface area contributed by atoms with Crippen LogP contribution in [0.2, 0.25) is 51.9 Å². The first kappa shape index (κ1) is 41.8. The zero-order chi connectivity index (χ0) is 33.1. The summed E-state index contributed by atoms with van der Waals surface area (Å²) >= 11 is 0. The molecule has 6 heteroatoms. The largest absolute Gasteiger partial charge is 0.437 e. The van der Waals surface area contributed by atoms with Gasteiger partial charge in [-0.1, -0.05) is 135 Å². The van der Waals surface area contributed by atoms with Crippen molar-refractivity contribution in [2.45, 2.75) is 195 Å². The Balaban J connectivity index is 2.36. The minimum atomic E-state index is -2.21. The van der Waals surface area contributed by atoms with Crippen LogP contribution in [-0.4, -0.2) is 37.9 Å². The molecule has 1 rings (SSSR count). The molecule has 0 aliphatic heterocycles. The standard InChI is InChI=1S/C38H76O3Si3/c1-12-13-14-15-16-17-18-19-20-21-22-23-24-25-27-35-28-30-36(31-29-35)34-37(38(2,3)4)39-32-26-33-44(11,40-42(5,6)7)41-43(8,9)10/h28-31,37H,12-27,32-34H2,1-11H3. The summed E-state index contributed by atoms with van der Waals surface area (Å²) < 4.78 is 20.0. The molecule has 0 aliphatic carbocycles. The molecule has 0 N–H and O–H groups in total. The maximum absolute atomic E-state index is 6.70. The normalized spacial score (nSPS) is 13.9. The number of ether oxygens (including phenoxy) is 1. The molecule has 258 valence electrons. The fourth-order valence-electron chi connectivity index (χ4n) is 6.23. The van der Waals surface area contributed by atoms with Gasteiger partial charge < -0.3 is 13.0 Å². The molecule has 3 nitrogen and oxygen atoms in total. The lowest BCUT2D eigenvalue weighted by Crippen LogP contribution is -2.52. The fraction of sp³-hybridized carbons (Fsp3) is 0.842. The van der Waals surface area contributed by atoms with Crippen LogP contribution in [0.15, 0.2) is 24.3 Å². The van der Waals surface area contributed by atoms with Gasteiger partial charge in [0.25, 0.3) is 0 Å². The lowest BCUT2D eigenvalue weighted by molar-refractivity contribution is -0.0171. The maximum Gasteiger partial charge on any atom is 0.314 e. The first-order chi connectivity index (χ1) is 20.5. The third-order valence-corrected chi connectivity index (χ3v) is 18.0. The van der Waals surface area contributed by atoms with Crippen LogP contribution >= 0.6 is 0 Å². The molecule has 0 aromatic heterocycles. The second-order valence-corrected chi connectivity index (χ2v) is 29.6. The molecule has 1 atom stereocenters. The van der Waals surface area contributed by atoms with E-state index < -0.39 is 25.2 Å². The van der Waals surface area contributed by atoms with Crippen LogP contribution in [0.4, 0.5) is 0 Å². The predicted octanol–water partition coefficient (Wildman–Crippen LogP) is 12.8. The summed E-state index contributed by atoms with van der Waals surface area (Å²) in [5.41, 5.74) is 2.96. The van der Waals surface area contributed by atoms with Crippen molar-refractivity contribution in [2.24, 2.45) is 5.41 Å². The quantitative estimate of drug-likeness (QED) is 0.0728. The smallest absolute Gasteiger partial charge is 0.314 e. The molecule has 0 amide bonds. The van der Waals surface area contributed by atoms with Crippen LogP contribution in [0, 0.1) is 5.41 Å². The summed E-state index contributed by atoms with van der Waals surface area (Å²) in [5, 5.41) is 0. The Hall–Kier alpha value is -0.249. The van der Waals surface area contributed by atoms with Gasteiger partial charge in [-0.25, -0.2) is 0 Å². The number of hydrogen-bond acceptors (Lipinski definition) is 3. The summed E-state index contributed by atoms with van der Waals surface area (Å²) in [6.45, 7) is 26.0. The van der Waals surface area contributed by atoms with E-state index in [-0.39, 0.29) is 11.5 Å². The highest BCUT2D eigenvalue weighted by molar-refractivity contribution is 6.87. The van der Waals surface area contributed by atoms with Gasteiger partial charge in [0.15, 0.2) is 16.6 Å². The number of rotatable bonds is 26. The van der Waals surface area contributed by atoms with Crippen molar-refractivity contribution in [2.75, 3.05) is 6.61 Å². The molecule has 44 heavy (non-hydrogen) atoms. The summed E-state index contributed by atoms with van der Waals surface area (Å²) in [7, 11) is -5.54. The highest BCUT2D eigenvalue weighted by Crippen LogP contribution is 2.29.